The third-order valence-corrected chi connectivity index (χ3v) is 1.38. The van der Waals surface area contributed by atoms with Gasteiger partial charge in [0.2, 0.25) is 0 Å². The maximum atomic E-state index is 5.59. The van der Waals surface area contributed by atoms with Crippen molar-refractivity contribution in [2.75, 3.05) is 0 Å². The van der Waals surface area contributed by atoms with Gasteiger partial charge >= 0.3 is 0 Å². The lowest BCUT2D eigenvalue weighted by atomic mass is 10.4. The zero-order chi connectivity index (χ0) is 8.27. The van der Waals surface area contributed by atoms with E-state index in [2.05, 4.69) is 10.1 Å². The Morgan fingerprint density at radius 2 is 2.45 bits per heavy atom. The molecule has 0 saturated carbocycles. The van der Waals surface area contributed by atoms with Crippen LogP contribution in [0.4, 0.5) is 0 Å². The van der Waals surface area contributed by atoms with Gasteiger partial charge in [-0.25, -0.2) is 4.98 Å². The molecule has 62 valence electrons. The van der Waals surface area contributed by atoms with E-state index in [1.54, 1.807) is 11.0 Å². The molecule has 1 rings (SSSR count). The van der Waals surface area contributed by atoms with Crippen molar-refractivity contribution >= 4 is 0 Å². The second-order valence-corrected chi connectivity index (χ2v) is 2.71. The molecule has 11 heavy (non-hydrogen) atoms. The summed E-state index contributed by atoms with van der Waals surface area (Å²) in [6.45, 7) is 4.73. The molecular weight excluding hydrogens is 140 g/mol. The van der Waals surface area contributed by atoms with Gasteiger partial charge in [0.15, 0.2) is 0 Å². The fraction of sp³-hybridized carbons (Fsp3) is 0.714. The molecule has 0 aliphatic heterocycles. The first-order valence-corrected chi connectivity index (χ1v) is 3.86. The van der Waals surface area contributed by atoms with Gasteiger partial charge in [-0.05, 0) is 6.92 Å². The monoisotopic (exact) mass is 154 g/mol. The highest BCUT2D eigenvalue weighted by Gasteiger charge is 1.99. The summed E-state index contributed by atoms with van der Waals surface area (Å²) in [7, 11) is 0. The topological polar surface area (TPSA) is 56.7 Å². The van der Waals surface area contributed by atoms with Crippen LogP contribution >= 0.6 is 0 Å². The van der Waals surface area contributed by atoms with E-state index in [4.69, 9.17) is 5.73 Å². The molecule has 1 unspecified atom stereocenters. The van der Waals surface area contributed by atoms with Crippen LogP contribution in [0.15, 0.2) is 6.33 Å². The van der Waals surface area contributed by atoms with Crippen LogP contribution in [0, 0.1) is 0 Å². The normalized spacial score (nSPS) is 13.4. The van der Waals surface area contributed by atoms with Crippen LogP contribution in [0.5, 0.6) is 0 Å². The van der Waals surface area contributed by atoms with Crippen LogP contribution in [0.1, 0.15) is 19.7 Å². The quantitative estimate of drug-likeness (QED) is 0.676. The molecule has 1 heterocycles. The summed E-state index contributed by atoms with van der Waals surface area (Å²) in [4.78, 5) is 4.08. The highest BCUT2D eigenvalue weighted by atomic mass is 15.3. The third-order valence-electron chi connectivity index (χ3n) is 1.38. The summed E-state index contributed by atoms with van der Waals surface area (Å²) in [6.07, 6.45) is 2.61. The smallest absolute Gasteiger partial charge is 0.150 e. The van der Waals surface area contributed by atoms with Gasteiger partial charge in [-0.3, -0.25) is 4.68 Å². The summed E-state index contributed by atoms with van der Waals surface area (Å²) in [5.74, 6) is 0.880. The van der Waals surface area contributed by atoms with E-state index in [0.29, 0.717) is 0 Å². The zero-order valence-corrected chi connectivity index (χ0v) is 6.99. The largest absolute Gasteiger partial charge is 0.326 e. The highest BCUT2D eigenvalue weighted by molar-refractivity contribution is 4.79. The molecule has 0 saturated heterocycles. The van der Waals surface area contributed by atoms with Crippen molar-refractivity contribution in [1.82, 2.24) is 14.8 Å². The molecule has 0 fully saturated rings. The maximum absolute atomic E-state index is 5.59. The minimum Gasteiger partial charge on any atom is -0.326 e. The van der Waals surface area contributed by atoms with Gasteiger partial charge in [0.05, 0.1) is 6.54 Å². The molecule has 0 spiro atoms. The van der Waals surface area contributed by atoms with Crippen molar-refractivity contribution < 1.29 is 0 Å². The second kappa shape index (κ2) is 3.48. The minimum absolute atomic E-state index is 0.140. The van der Waals surface area contributed by atoms with Gasteiger partial charge in [0.25, 0.3) is 0 Å². The number of rotatable bonds is 3. The maximum Gasteiger partial charge on any atom is 0.150 e. The number of nitrogens with zero attached hydrogens (tertiary/aromatic N) is 3. The lowest BCUT2D eigenvalue weighted by molar-refractivity contribution is 0.533. The molecule has 0 aromatic carbocycles. The first-order valence-electron chi connectivity index (χ1n) is 3.86. The van der Waals surface area contributed by atoms with Gasteiger partial charge in [0, 0.05) is 12.5 Å². The van der Waals surface area contributed by atoms with E-state index in [1.807, 2.05) is 13.8 Å². The van der Waals surface area contributed by atoms with E-state index in [0.717, 1.165) is 18.8 Å². The number of aryl methyl sites for hydroxylation is 1. The molecule has 1 aromatic rings. The molecule has 1 atom stereocenters. The Labute approximate surface area is 66.4 Å². The molecule has 0 radical (unpaired) electrons. The molecule has 0 aliphatic carbocycles. The number of hydrogen-bond donors (Lipinski definition) is 1. The SMILES string of the molecule is CCc1ncn(CC(C)N)n1. The molecule has 4 heteroatoms. The van der Waals surface area contributed by atoms with Crippen LogP contribution in [0.3, 0.4) is 0 Å². The summed E-state index contributed by atoms with van der Waals surface area (Å²) in [5, 5.41) is 4.19. The van der Waals surface area contributed by atoms with Gasteiger partial charge in [-0.1, -0.05) is 6.92 Å². The number of aromatic nitrogens is 3. The Kier molecular flexibility index (Phi) is 2.59. The van der Waals surface area contributed by atoms with E-state index in [-0.39, 0.29) is 6.04 Å². The average molecular weight is 154 g/mol. The zero-order valence-electron chi connectivity index (χ0n) is 6.99. The summed E-state index contributed by atoms with van der Waals surface area (Å²) < 4.78 is 1.78. The van der Waals surface area contributed by atoms with Crippen molar-refractivity contribution in [2.24, 2.45) is 5.73 Å². The van der Waals surface area contributed by atoms with Crippen molar-refractivity contribution in [3.8, 4) is 0 Å². The number of hydrogen-bond acceptors (Lipinski definition) is 3. The third kappa shape index (κ3) is 2.31. The Balaban J connectivity index is 2.58. The predicted octanol–water partition coefficient (Wildman–Crippen LogP) is 0.188. The van der Waals surface area contributed by atoms with E-state index in [9.17, 15) is 0 Å². The Morgan fingerprint density at radius 3 is 2.91 bits per heavy atom. The van der Waals surface area contributed by atoms with Gasteiger partial charge in [-0.2, -0.15) is 5.10 Å². The van der Waals surface area contributed by atoms with Gasteiger partial charge in [-0.15, -0.1) is 0 Å². The standard InChI is InChI=1S/C7H14N4/c1-3-7-9-5-11(10-7)4-6(2)8/h5-6H,3-4,8H2,1-2H3. The summed E-state index contributed by atoms with van der Waals surface area (Å²) in [6, 6.07) is 0.140. The van der Waals surface area contributed by atoms with Crippen LogP contribution in [0.2, 0.25) is 0 Å². The van der Waals surface area contributed by atoms with Gasteiger partial charge < -0.3 is 5.73 Å². The van der Waals surface area contributed by atoms with Crippen molar-refractivity contribution in [3.63, 3.8) is 0 Å². The molecular formula is C7H14N4. The Hall–Kier alpha value is -0.900. The van der Waals surface area contributed by atoms with Crippen LogP contribution < -0.4 is 5.73 Å². The number of nitrogens with two attached hydrogens (primary N) is 1. The Bertz CT molecular complexity index is 216. The van der Waals surface area contributed by atoms with Crippen LogP contribution in [-0.4, -0.2) is 20.8 Å². The molecule has 4 nitrogen and oxygen atoms in total. The van der Waals surface area contributed by atoms with Crippen molar-refractivity contribution in [3.05, 3.63) is 12.2 Å². The van der Waals surface area contributed by atoms with Crippen molar-refractivity contribution in [2.45, 2.75) is 32.9 Å². The van der Waals surface area contributed by atoms with E-state index in [1.165, 1.54) is 0 Å². The van der Waals surface area contributed by atoms with E-state index >= 15 is 0 Å². The lowest BCUT2D eigenvalue weighted by Crippen LogP contribution is -2.22. The molecule has 0 amide bonds. The van der Waals surface area contributed by atoms with Crippen LogP contribution in [0.25, 0.3) is 0 Å². The molecule has 0 aliphatic rings. The predicted molar refractivity (Wildman–Crippen MR) is 43.0 cm³/mol. The molecule has 0 bridgehead atoms. The molecule has 2 N–H and O–H groups in total. The first kappa shape index (κ1) is 8.20. The van der Waals surface area contributed by atoms with Gasteiger partial charge in [0.1, 0.15) is 12.2 Å². The first-order chi connectivity index (χ1) is 5.22. The fourth-order valence-corrected chi connectivity index (χ4v) is 0.878. The fourth-order valence-electron chi connectivity index (χ4n) is 0.878. The van der Waals surface area contributed by atoms with Crippen LogP contribution in [-0.2, 0) is 13.0 Å². The Morgan fingerprint density at radius 1 is 1.73 bits per heavy atom. The highest BCUT2D eigenvalue weighted by Crippen LogP contribution is 1.91. The summed E-state index contributed by atoms with van der Waals surface area (Å²) in [5.41, 5.74) is 5.59. The lowest BCUT2D eigenvalue weighted by Gasteiger charge is -2.02. The van der Waals surface area contributed by atoms with E-state index < -0.39 is 0 Å². The molecule has 1 aromatic heterocycles. The van der Waals surface area contributed by atoms with Crippen molar-refractivity contribution in [1.29, 1.82) is 0 Å². The minimum atomic E-state index is 0.140. The summed E-state index contributed by atoms with van der Waals surface area (Å²) >= 11 is 0. The average Bonchev–Trinajstić information content (AvgIpc) is 2.34. The second-order valence-electron chi connectivity index (χ2n) is 2.71.